The summed E-state index contributed by atoms with van der Waals surface area (Å²) in [7, 11) is 4.11. The summed E-state index contributed by atoms with van der Waals surface area (Å²) in [5.41, 5.74) is 5.59. The molecule has 96 valence electrons. The van der Waals surface area contributed by atoms with Crippen molar-refractivity contribution in [2.75, 3.05) is 0 Å². The van der Waals surface area contributed by atoms with Crippen molar-refractivity contribution in [3.05, 3.63) is 59.7 Å². The van der Waals surface area contributed by atoms with Crippen molar-refractivity contribution in [2.45, 2.75) is 6.92 Å². The maximum absolute atomic E-state index is 4.73. The van der Waals surface area contributed by atoms with E-state index in [-0.39, 0.29) is 0 Å². The summed E-state index contributed by atoms with van der Waals surface area (Å²) >= 11 is 0. The second kappa shape index (κ2) is 4.43. The first-order valence-corrected chi connectivity index (χ1v) is 6.38. The number of rotatable bonds is 1. The van der Waals surface area contributed by atoms with Crippen LogP contribution in [0, 0.1) is 6.92 Å². The number of aromatic nitrogens is 2. The molecule has 19 heavy (non-hydrogen) atoms. The molecule has 3 heteroatoms. The van der Waals surface area contributed by atoms with Gasteiger partial charge in [0.05, 0.1) is 16.7 Å². The zero-order chi connectivity index (χ0) is 13.4. The van der Waals surface area contributed by atoms with Crippen molar-refractivity contribution in [2.24, 2.45) is 19.1 Å². The van der Waals surface area contributed by atoms with Crippen LogP contribution >= 0.6 is 0 Å². The molecule has 0 unspecified atom stereocenters. The van der Waals surface area contributed by atoms with Crippen LogP contribution in [0.25, 0.3) is 11.0 Å². The maximum Gasteiger partial charge on any atom is 0.210 e. The third-order valence-electron chi connectivity index (χ3n) is 3.44. The Morgan fingerprint density at radius 2 is 1.53 bits per heavy atom. The molecule has 0 aliphatic rings. The molecule has 0 radical (unpaired) electrons. The van der Waals surface area contributed by atoms with Gasteiger partial charge in [0.25, 0.3) is 0 Å². The van der Waals surface area contributed by atoms with Crippen molar-refractivity contribution in [3.63, 3.8) is 0 Å². The highest BCUT2D eigenvalue weighted by atomic mass is 15.2. The van der Waals surface area contributed by atoms with Gasteiger partial charge in [-0.3, -0.25) is 0 Å². The number of hydrogen-bond acceptors (Lipinski definition) is 1. The fourth-order valence-corrected chi connectivity index (χ4v) is 2.39. The number of aryl methyl sites for hydroxylation is 3. The Bertz CT molecular complexity index is 792. The summed E-state index contributed by atoms with van der Waals surface area (Å²) < 4.78 is 4.26. The van der Waals surface area contributed by atoms with Crippen molar-refractivity contribution >= 4 is 16.7 Å². The molecule has 0 aliphatic carbocycles. The first-order valence-electron chi connectivity index (χ1n) is 6.38. The Labute approximate surface area is 112 Å². The van der Waals surface area contributed by atoms with E-state index in [0.29, 0.717) is 0 Å². The Morgan fingerprint density at radius 3 is 2.26 bits per heavy atom. The van der Waals surface area contributed by atoms with Gasteiger partial charge in [-0.2, -0.15) is 0 Å². The van der Waals surface area contributed by atoms with Gasteiger partial charge in [0, 0.05) is 14.1 Å². The van der Waals surface area contributed by atoms with Crippen molar-refractivity contribution in [1.29, 1.82) is 0 Å². The minimum atomic E-state index is 0.951. The Balaban J connectivity index is 2.33. The summed E-state index contributed by atoms with van der Waals surface area (Å²) in [6, 6.07) is 16.5. The van der Waals surface area contributed by atoms with Gasteiger partial charge in [0.2, 0.25) is 5.62 Å². The molecule has 0 N–H and O–H groups in total. The number of para-hydroxylation sites is 1. The molecule has 0 spiro atoms. The topological polar surface area (TPSA) is 22.2 Å². The van der Waals surface area contributed by atoms with Crippen LogP contribution in [0.3, 0.4) is 0 Å². The highest BCUT2D eigenvalue weighted by molar-refractivity contribution is 5.76. The predicted molar refractivity (Wildman–Crippen MR) is 78.3 cm³/mol. The lowest BCUT2D eigenvalue weighted by Gasteiger charge is -1.96. The summed E-state index contributed by atoms with van der Waals surface area (Å²) in [5.74, 6) is 0. The van der Waals surface area contributed by atoms with E-state index >= 15 is 0 Å². The van der Waals surface area contributed by atoms with E-state index in [0.717, 1.165) is 11.3 Å². The minimum absolute atomic E-state index is 0.951. The van der Waals surface area contributed by atoms with E-state index in [4.69, 9.17) is 4.99 Å². The molecule has 3 rings (SSSR count). The summed E-state index contributed by atoms with van der Waals surface area (Å²) in [6.45, 7) is 2.11. The van der Waals surface area contributed by atoms with Crippen LogP contribution in [-0.2, 0) is 14.1 Å². The van der Waals surface area contributed by atoms with E-state index in [9.17, 15) is 0 Å². The lowest BCUT2D eigenvalue weighted by atomic mass is 10.2. The third kappa shape index (κ3) is 1.97. The molecule has 3 nitrogen and oxygen atoms in total. The molecule has 0 fully saturated rings. The lowest BCUT2D eigenvalue weighted by Crippen LogP contribution is -2.21. The van der Waals surface area contributed by atoms with Crippen molar-refractivity contribution in [3.8, 4) is 0 Å². The predicted octanol–water partition coefficient (Wildman–Crippen LogP) is 3.06. The zero-order valence-corrected chi connectivity index (χ0v) is 11.5. The summed E-state index contributed by atoms with van der Waals surface area (Å²) in [6.07, 6.45) is 0. The van der Waals surface area contributed by atoms with Crippen LogP contribution in [0.5, 0.6) is 0 Å². The first kappa shape index (κ1) is 11.8. The average Bonchev–Trinajstić information content (AvgIpc) is 2.65. The van der Waals surface area contributed by atoms with Crippen LogP contribution in [0.15, 0.2) is 53.5 Å². The number of fused-ring (bicyclic) bond motifs is 1. The first-order chi connectivity index (χ1) is 9.16. The maximum atomic E-state index is 4.73. The molecule has 1 aromatic heterocycles. The Morgan fingerprint density at radius 1 is 0.842 bits per heavy atom. The number of benzene rings is 2. The van der Waals surface area contributed by atoms with Crippen LogP contribution in [0.2, 0.25) is 0 Å². The largest absolute Gasteiger partial charge is 0.313 e. The molecule has 0 aliphatic heterocycles. The van der Waals surface area contributed by atoms with Gasteiger partial charge in [-0.1, -0.05) is 24.3 Å². The summed E-state index contributed by atoms with van der Waals surface area (Å²) in [5, 5.41) is 0. The highest BCUT2D eigenvalue weighted by Crippen LogP contribution is 2.14. The standard InChI is InChI=1S/C16H17N3/c1-12-9-10-14-15(11-12)19(3)16(18(14)2)17-13-7-5-4-6-8-13/h4-11H,1-3H3. The van der Waals surface area contributed by atoms with Crippen LogP contribution in [0.1, 0.15) is 5.56 Å². The van der Waals surface area contributed by atoms with E-state index in [1.807, 2.05) is 30.3 Å². The molecular weight excluding hydrogens is 234 g/mol. The molecule has 0 amide bonds. The smallest absolute Gasteiger partial charge is 0.210 e. The highest BCUT2D eigenvalue weighted by Gasteiger charge is 2.06. The zero-order valence-electron chi connectivity index (χ0n) is 11.5. The van der Waals surface area contributed by atoms with Gasteiger partial charge >= 0.3 is 0 Å². The molecule has 2 aromatic carbocycles. The van der Waals surface area contributed by atoms with Gasteiger partial charge in [-0.15, -0.1) is 0 Å². The Kier molecular flexibility index (Phi) is 2.75. The number of nitrogens with zero attached hydrogens (tertiary/aromatic N) is 3. The lowest BCUT2D eigenvalue weighted by molar-refractivity contribution is 0.764. The normalized spacial score (nSPS) is 12.3. The molecule has 0 saturated heterocycles. The molecule has 0 saturated carbocycles. The summed E-state index contributed by atoms with van der Waals surface area (Å²) in [4.78, 5) is 4.73. The van der Waals surface area contributed by atoms with Gasteiger partial charge in [0.15, 0.2) is 0 Å². The fourth-order valence-electron chi connectivity index (χ4n) is 2.39. The SMILES string of the molecule is Cc1ccc2c(c1)n(C)c(=Nc1ccccc1)n2C. The quantitative estimate of drug-likeness (QED) is 0.634. The van der Waals surface area contributed by atoms with E-state index in [1.165, 1.54) is 16.6 Å². The number of imidazole rings is 1. The average molecular weight is 251 g/mol. The van der Waals surface area contributed by atoms with Gasteiger partial charge in [-0.25, -0.2) is 4.99 Å². The van der Waals surface area contributed by atoms with Crippen molar-refractivity contribution in [1.82, 2.24) is 9.13 Å². The number of hydrogen-bond donors (Lipinski definition) is 0. The molecule has 3 aromatic rings. The molecule has 0 bridgehead atoms. The molecule has 0 atom stereocenters. The van der Waals surface area contributed by atoms with E-state index in [1.54, 1.807) is 0 Å². The van der Waals surface area contributed by atoms with E-state index < -0.39 is 0 Å². The minimum Gasteiger partial charge on any atom is -0.313 e. The van der Waals surface area contributed by atoms with Crippen LogP contribution in [-0.4, -0.2) is 9.13 Å². The molecular formula is C16H17N3. The Hall–Kier alpha value is -2.29. The van der Waals surface area contributed by atoms with Gasteiger partial charge in [-0.05, 0) is 36.8 Å². The van der Waals surface area contributed by atoms with Crippen LogP contribution in [0.4, 0.5) is 5.69 Å². The fraction of sp³-hybridized carbons (Fsp3) is 0.188. The second-order valence-electron chi connectivity index (χ2n) is 4.86. The van der Waals surface area contributed by atoms with Crippen LogP contribution < -0.4 is 5.62 Å². The third-order valence-corrected chi connectivity index (χ3v) is 3.44. The molecule has 1 heterocycles. The second-order valence-corrected chi connectivity index (χ2v) is 4.86. The van der Waals surface area contributed by atoms with Crippen molar-refractivity contribution < 1.29 is 0 Å². The van der Waals surface area contributed by atoms with Gasteiger partial charge < -0.3 is 9.13 Å². The van der Waals surface area contributed by atoms with Gasteiger partial charge in [0.1, 0.15) is 0 Å². The van der Waals surface area contributed by atoms with E-state index in [2.05, 4.69) is 48.4 Å². The monoisotopic (exact) mass is 251 g/mol.